The minimum absolute atomic E-state index is 0.131. The number of piperidine rings is 1. The molecule has 2 atom stereocenters. The molecule has 24 heavy (non-hydrogen) atoms. The van der Waals surface area contributed by atoms with Gasteiger partial charge in [-0.15, -0.1) is 0 Å². The molecule has 3 rings (SSSR count). The SMILES string of the molecule is Cc1ccc(C(C)NC(=O)N2CCCC(n3cncn3)C2)cc1F. The number of nitrogens with one attached hydrogen (secondary N) is 1. The van der Waals surface area contributed by atoms with Crippen LogP contribution >= 0.6 is 0 Å². The molecule has 6 nitrogen and oxygen atoms in total. The van der Waals surface area contributed by atoms with Crippen molar-refractivity contribution in [2.75, 3.05) is 13.1 Å². The molecule has 2 amide bonds. The molecule has 1 aliphatic rings. The monoisotopic (exact) mass is 331 g/mol. The van der Waals surface area contributed by atoms with Gasteiger partial charge in [-0.2, -0.15) is 5.10 Å². The van der Waals surface area contributed by atoms with Crippen LogP contribution in [0.25, 0.3) is 0 Å². The van der Waals surface area contributed by atoms with E-state index >= 15 is 0 Å². The van der Waals surface area contributed by atoms with Crippen molar-refractivity contribution in [3.05, 3.63) is 47.8 Å². The highest BCUT2D eigenvalue weighted by atomic mass is 19.1. The molecule has 128 valence electrons. The predicted octanol–water partition coefficient (Wildman–Crippen LogP) is 2.83. The van der Waals surface area contributed by atoms with E-state index in [1.54, 1.807) is 28.9 Å². The fourth-order valence-electron chi connectivity index (χ4n) is 3.00. The Morgan fingerprint density at radius 2 is 2.29 bits per heavy atom. The largest absolute Gasteiger partial charge is 0.331 e. The van der Waals surface area contributed by atoms with Crippen molar-refractivity contribution in [2.24, 2.45) is 0 Å². The highest BCUT2D eigenvalue weighted by Gasteiger charge is 2.26. The highest BCUT2D eigenvalue weighted by Crippen LogP contribution is 2.21. The van der Waals surface area contributed by atoms with Crippen molar-refractivity contribution >= 4 is 6.03 Å². The van der Waals surface area contributed by atoms with Gasteiger partial charge in [0.25, 0.3) is 0 Å². The van der Waals surface area contributed by atoms with E-state index in [9.17, 15) is 9.18 Å². The molecule has 0 spiro atoms. The van der Waals surface area contributed by atoms with Gasteiger partial charge >= 0.3 is 6.03 Å². The topological polar surface area (TPSA) is 63.1 Å². The molecule has 1 fully saturated rings. The van der Waals surface area contributed by atoms with Crippen LogP contribution in [0.5, 0.6) is 0 Å². The molecular formula is C17H22FN5O. The van der Waals surface area contributed by atoms with Crippen LogP contribution in [-0.4, -0.2) is 38.8 Å². The normalized spacial score (nSPS) is 19.1. The second kappa shape index (κ2) is 6.98. The molecule has 0 saturated carbocycles. The first kappa shape index (κ1) is 16.4. The third-order valence-electron chi connectivity index (χ3n) is 4.53. The first-order valence-electron chi connectivity index (χ1n) is 8.20. The molecule has 1 aromatic carbocycles. The number of nitrogens with zero attached hydrogens (tertiary/aromatic N) is 4. The van der Waals surface area contributed by atoms with E-state index in [2.05, 4.69) is 15.4 Å². The van der Waals surface area contributed by atoms with E-state index in [1.807, 2.05) is 13.0 Å². The molecule has 0 bridgehead atoms. The van der Waals surface area contributed by atoms with Crippen LogP contribution in [0.2, 0.25) is 0 Å². The second-order valence-corrected chi connectivity index (χ2v) is 6.30. The lowest BCUT2D eigenvalue weighted by molar-refractivity contribution is 0.160. The number of hydrogen-bond acceptors (Lipinski definition) is 3. The standard InChI is InChI=1S/C17H22FN5O/c1-12-5-6-14(8-16(12)18)13(2)21-17(24)22-7-3-4-15(9-22)23-11-19-10-20-23/h5-6,8,10-11,13,15H,3-4,7,9H2,1-2H3,(H,21,24). The van der Waals surface area contributed by atoms with Gasteiger partial charge in [-0.3, -0.25) is 0 Å². The zero-order valence-corrected chi connectivity index (χ0v) is 13.9. The molecule has 1 N–H and O–H groups in total. The zero-order chi connectivity index (χ0) is 17.1. The minimum atomic E-state index is -0.252. The summed E-state index contributed by atoms with van der Waals surface area (Å²) in [6.07, 6.45) is 5.09. The highest BCUT2D eigenvalue weighted by molar-refractivity contribution is 5.74. The number of aryl methyl sites for hydroxylation is 1. The number of rotatable bonds is 3. The molecule has 2 unspecified atom stereocenters. The van der Waals surface area contributed by atoms with Crippen molar-refractivity contribution in [2.45, 2.75) is 38.8 Å². The van der Waals surface area contributed by atoms with E-state index in [1.165, 1.54) is 12.4 Å². The van der Waals surface area contributed by atoms with Gasteiger partial charge in [-0.1, -0.05) is 12.1 Å². The number of aromatic nitrogens is 3. The van der Waals surface area contributed by atoms with Crippen LogP contribution in [0.3, 0.4) is 0 Å². The Hall–Kier alpha value is -2.44. The first-order chi connectivity index (χ1) is 11.5. The van der Waals surface area contributed by atoms with Crippen molar-refractivity contribution in [3.8, 4) is 0 Å². The second-order valence-electron chi connectivity index (χ2n) is 6.30. The van der Waals surface area contributed by atoms with Crippen LogP contribution in [-0.2, 0) is 0 Å². The third kappa shape index (κ3) is 3.55. The Kier molecular flexibility index (Phi) is 4.78. The van der Waals surface area contributed by atoms with Crippen LogP contribution < -0.4 is 5.32 Å². The summed E-state index contributed by atoms with van der Waals surface area (Å²) < 4.78 is 15.5. The Bertz CT molecular complexity index is 703. The van der Waals surface area contributed by atoms with E-state index in [0.717, 1.165) is 18.4 Å². The zero-order valence-electron chi connectivity index (χ0n) is 13.9. The van der Waals surface area contributed by atoms with Gasteiger partial charge in [-0.25, -0.2) is 18.9 Å². The number of hydrogen-bond donors (Lipinski definition) is 1. The average molecular weight is 331 g/mol. The van der Waals surface area contributed by atoms with Crippen molar-refractivity contribution in [3.63, 3.8) is 0 Å². The number of halogens is 1. The van der Waals surface area contributed by atoms with Gasteiger partial charge in [0.2, 0.25) is 0 Å². The van der Waals surface area contributed by atoms with E-state index in [-0.39, 0.29) is 23.9 Å². The summed E-state index contributed by atoms with van der Waals surface area (Å²) in [7, 11) is 0. The summed E-state index contributed by atoms with van der Waals surface area (Å²) in [5.74, 6) is -0.252. The number of benzene rings is 1. The van der Waals surface area contributed by atoms with E-state index in [0.29, 0.717) is 18.7 Å². The van der Waals surface area contributed by atoms with Crippen LogP contribution in [0, 0.1) is 12.7 Å². The lowest BCUT2D eigenvalue weighted by Gasteiger charge is -2.33. The number of carbonyl (C=O) groups is 1. The summed E-state index contributed by atoms with van der Waals surface area (Å²) in [6, 6.07) is 4.83. The molecule has 2 aromatic rings. The van der Waals surface area contributed by atoms with Gasteiger partial charge in [-0.05, 0) is 43.9 Å². The molecule has 1 aromatic heterocycles. The van der Waals surface area contributed by atoms with Gasteiger partial charge in [0.15, 0.2) is 0 Å². The summed E-state index contributed by atoms with van der Waals surface area (Å²) in [6.45, 7) is 4.90. The molecule has 7 heteroatoms. The number of likely N-dealkylation sites (tertiary alicyclic amines) is 1. The van der Waals surface area contributed by atoms with Gasteiger partial charge in [0, 0.05) is 13.1 Å². The smallest absolute Gasteiger partial charge is 0.317 e. The summed E-state index contributed by atoms with van der Waals surface area (Å²) in [5, 5.41) is 7.12. The van der Waals surface area contributed by atoms with Crippen molar-refractivity contribution < 1.29 is 9.18 Å². The summed E-state index contributed by atoms with van der Waals surface area (Å²) in [5.41, 5.74) is 1.36. The lowest BCUT2D eigenvalue weighted by atomic mass is 10.1. The Morgan fingerprint density at radius 3 is 3.00 bits per heavy atom. The molecule has 1 saturated heterocycles. The molecular weight excluding hydrogens is 309 g/mol. The lowest BCUT2D eigenvalue weighted by Crippen LogP contribution is -2.46. The van der Waals surface area contributed by atoms with Crippen molar-refractivity contribution in [1.29, 1.82) is 0 Å². The average Bonchev–Trinajstić information content (AvgIpc) is 3.12. The number of carbonyl (C=O) groups excluding carboxylic acids is 1. The third-order valence-corrected chi connectivity index (χ3v) is 4.53. The summed E-state index contributed by atoms with van der Waals surface area (Å²) >= 11 is 0. The van der Waals surface area contributed by atoms with Gasteiger partial charge in [0.1, 0.15) is 18.5 Å². The minimum Gasteiger partial charge on any atom is -0.331 e. The molecule has 0 aliphatic carbocycles. The predicted molar refractivity (Wildman–Crippen MR) is 87.9 cm³/mol. The van der Waals surface area contributed by atoms with E-state index in [4.69, 9.17) is 0 Å². The van der Waals surface area contributed by atoms with E-state index < -0.39 is 0 Å². The van der Waals surface area contributed by atoms with Crippen LogP contribution in [0.4, 0.5) is 9.18 Å². The van der Waals surface area contributed by atoms with Crippen LogP contribution in [0.15, 0.2) is 30.9 Å². The molecule has 2 heterocycles. The molecule has 1 aliphatic heterocycles. The van der Waals surface area contributed by atoms with Crippen molar-refractivity contribution in [1.82, 2.24) is 25.0 Å². The van der Waals surface area contributed by atoms with Gasteiger partial charge in [0.05, 0.1) is 12.1 Å². The maximum absolute atomic E-state index is 13.7. The fraction of sp³-hybridized carbons (Fsp3) is 0.471. The fourth-order valence-corrected chi connectivity index (χ4v) is 3.00. The molecule has 0 radical (unpaired) electrons. The quantitative estimate of drug-likeness (QED) is 0.941. The first-order valence-corrected chi connectivity index (χ1v) is 8.20. The summed E-state index contributed by atoms with van der Waals surface area (Å²) in [4.78, 5) is 18.3. The maximum atomic E-state index is 13.7. The Balaban J connectivity index is 1.62. The maximum Gasteiger partial charge on any atom is 0.317 e. The number of urea groups is 1. The Morgan fingerprint density at radius 1 is 1.46 bits per heavy atom. The number of amides is 2. The van der Waals surface area contributed by atoms with Gasteiger partial charge < -0.3 is 10.2 Å². The Labute approximate surface area is 140 Å². The van der Waals surface area contributed by atoms with Crippen LogP contribution in [0.1, 0.15) is 43.0 Å².